The average molecular weight is 439 g/mol. The Morgan fingerprint density at radius 3 is 2.47 bits per heavy atom. The van der Waals surface area contributed by atoms with Crippen molar-refractivity contribution in [3.05, 3.63) is 76.0 Å². The van der Waals surface area contributed by atoms with Crippen LogP contribution in [0.3, 0.4) is 0 Å². The molecule has 1 unspecified atom stereocenters. The quantitative estimate of drug-likeness (QED) is 0.407. The number of nitrogens with zero attached hydrogens (tertiary/aromatic N) is 2. The van der Waals surface area contributed by atoms with E-state index in [2.05, 4.69) is 17.3 Å². The summed E-state index contributed by atoms with van der Waals surface area (Å²) in [7, 11) is 0. The van der Waals surface area contributed by atoms with Crippen molar-refractivity contribution in [1.29, 1.82) is 0 Å². The van der Waals surface area contributed by atoms with E-state index < -0.39 is 18.0 Å². The van der Waals surface area contributed by atoms with Crippen LogP contribution in [0.25, 0.3) is 10.8 Å². The van der Waals surface area contributed by atoms with E-state index in [0.717, 1.165) is 19.3 Å². The highest BCUT2D eigenvalue weighted by Gasteiger charge is 2.23. The number of aryl methyl sites for hydroxylation is 1. The monoisotopic (exact) mass is 439 g/mol. The smallest absolute Gasteiger partial charge is 0.360 e. The molecule has 0 saturated heterocycles. The molecule has 7 nitrogen and oxygen atoms in total. The van der Waals surface area contributed by atoms with Crippen LogP contribution < -0.4 is 10.9 Å². The van der Waals surface area contributed by atoms with Crippen LogP contribution in [-0.2, 0) is 22.6 Å². The van der Waals surface area contributed by atoms with E-state index in [-0.39, 0.29) is 23.6 Å². The summed E-state index contributed by atoms with van der Waals surface area (Å²) in [5.74, 6) is -1.64. The van der Waals surface area contributed by atoms with Gasteiger partial charge in [0.15, 0.2) is 11.8 Å². The van der Waals surface area contributed by atoms with Crippen molar-refractivity contribution in [2.24, 2.45) is 0 Å². The Bertz CT molecular complexity index is 1160. The number of ether oxygens (including phenoxy) is 1. The molecule has 0 spiro atoms. The fourth-order valence-corrected chi connectivity index (χ4v) is 3.25. The molecule has 8 heteroatoms. The zero-order chi connectivity index (χ0) is 23.1. The van der Waals surface area contributed by atoms with Gasteiger partial charge < -0.3 is 10.1 Å². The Hall–Kier alpha value is -3.55. The Morgan fingerprint density at radius 1 is 1.09 bits per heavy atom. The molecular weight excluding hydrogens is 413 g/mol. The van der Waals surface area contributed by atoms with Crippen LogP contribution in [0.2, 0.25) is 0 Å². The highest BCUT2D eigenvalue weighted by Crippen LogP contribution is 2.15. The predicted octanol–water partition coefficient (Wildman–Crippen LogP) is 3.59. The summed E-state index contributed by atoms with van der Waals surface area (Å²) in [5.41, 5.74) is 0.443. The number of nitrogens with one attached hydrogen (secondary N) is 1. The minimum atomic E-state index is -1.08. The Balaban J connectivity index is 1.74. The number of aromatic nitrogens is 2. The van der Waals surface area contributed by atoms with Crippen LogP contribution in [0.4, 0.5) is 4.39 Å². The maximum absolute atomic E-state index is 13.0. The maximum Gasteiger partial charge on any atom is 0.360 e. The standard InChI is InChI=1S/C24H26FN3O4/c1-3-4-7-14-28-23(30)20-9-6-5-8-19(20)21(27-28)24(31)32-16(2)22(29)26-15-17-10-12-18(25)13-11-17/h5-6,8-13,16H,3-4,7,14-15H2,1-2H3,(H,26,29). The van der Waals surface area contributed by atoms with Crippen molar-refractivity contribution in [2.75, 3.05) is 0 Å². The van der Waals surface area contributed by atoms with E-state index in [1.165, 1.54) is 23.7 Å². The summed E-state index contributed by atoms with van der Waals surface area (Å²) < 4.78 is 19.6. The molecule has 3 aromatic rings. The van der Waals surface area contributed by atoms with E-state index in [1.54, 1.807) is 36.4 Å². The molecule has 0 fully saturated rings. The zero-order valence-corrected chi connectivity index (χ0v) is 18.1. The molecule has 32 heavy (non-hydrogen) atoms. The minimum absolute atomic E-state index is 0.00474. The highest BCUT2D eigenvalue weighted by molar-refractivity contribution is 6.02. The van der Waals surface area contributed by atoms with Gasteiger partial charge in [-0.25, -0.2) is 13.9 Å². The van der Waals surface area contributed by atoms with Gasteiger partial charge in [0.05, 0.1) is 5.39 Å². The third-order valence-electron chi connectivity index (χ3n) is 5.07. The van der Waals surface area contributed by atoms with Crippen LogP contribution in [0.15, 0.2) is 53.3 Å². The lowest BCUT2D eigenvalue weighted by Gasteiger charge is -2.15. The molecule has 1 N–H and O–H groups in total. The molecular formula is C24H26FN3O4. The summed E-state index contributed by atoms with van der Waals surface area (Å²) in [6.07, 6.45) is 1.61. The van der Waals surface area contributed by atoms with Gasteiger partial charge in [-0.3, -0.25) is 9.59 Å². The summed E-state index contributed by atoms with van der Waals surface area (Å²) in [6, 6.07) is 12.4. The molecule has 0 radical (unpaired) electrons. The van der Waals surface area contributed by atoms with Crippen molar-refractivity contribution >= 4 is 22.6 Å². The maximum atomic E-state index is 13.0. The topological polar surface area (TPSA) is 90.3 Å². The largest absolute Gasteiger partial charge is 0.448 e. The molecule has 0 aliphatic rings. The summed E-state index contributed by atoms with van der Waals surface area (Å²) in [4.78, 5) is 38.0. The van der Waals surface area contributed by atoms with E-state index in [0.29, 0.717) is 22.9 Å². The number of rotatable bonds is 9. The zero-order valence-electron chi connectivity index (χ0n) is 18.1. The first-order valence-corrected chi connectivity index (χ1v) is 10.6. The molecule has 168 valence electrons. The van der Waals surface area contributed by atoms with Gasteiger partial charge in [-0.1, -0.05) is 50.1 Å². The summed E-state index contributed by atoms with van der Waals surface area (Å²) in [5, 5.41) is 7.66. The minimum Gasteiger partial charge on any atom is -0.448 e. The van der Waals surface area contributed by atoms with E-state index in [1.807, 2.05) is 0 Å². The number of benzene rings is 2. The SMILES string of the molecule is CCCCCn1nc(C(=O)OC(C)C(=O)NCc2ccc(F)cc2)c2ccccc2c1=O. The summed E-state index contributed by atoms with van der Waals surface area (Å²) in [6.45, 7) is 4.08. The van der Waals surface area contributed by atoms with Crippen LogP contribution in [0.5, 0.6) is 0 Å². The van der Waals surface area contributed by atoms with E-state index >= 15 is 0 Å². The molecule has 1 amide bonds. The number of carbonyl (C=O) groups excluding carboxylic acids is 2. The van der Waals surface area contributed by atoms with Gasteiger partial charge in [0.25, 0.3) is 11.5 Å². The predicted molar refractivity (Wildman–Crippen MR) is 119 cm³/mol. The molecule has 0 aliphatic heterocycles. The molecule has 1 atom stereocenters. The van der Waals surface area contributed by atoms with Crippen LogP contribution in [0.1, 0.15) is 49.2 Å². The Morgan fingerprint density at radius 2 is 1.78 bits per heavy atom. The second-order valence-electron chi connectivity index (χ2n) is 7.52. The number of esters is 1. The third-order valence-corrected chi connectivity index (χ3v) is 5.07. The van der Waals surface area contributed by atoms with Crippen molar-refractivity contribution in [1.82, 2.24) is 15.1 Å². The number of hydrogen-bond donors (Lipinski definition) is 1. The summed E-state index contributed by atoms with van der Waals surface area (Å²) >= 11 is 0. The fraction of sp³-hybridized carbons (Fsp3) is 0.333. The lowest BCUT2D eigenvalue weighted by molar-refractivity contribution is -0.129. The fourth-order valence-electron chi connectivity index (χ4n) is 3.25. The molecule has 0 aliphatic carbocycles. The molecule has 3 rings (SSSR count). The lowest BCUT2D eigenvalue weighted by atomic mass is 10.1. The number of amides is 1. The first-order valence-electron chi connectivity index (χ1n) is 10.6. The second-order valence-corrected chi connectivity index (χ2v) is 7.52. The van der Waals surface area contributed by atoms with Crippen molar-refractivity contribution in [3.8, 4) is 0 Å². The van der Waals surface area contributed by atoms with Gasteiger partial charge >= 0.3 is 5.97 Å². The van der Waals surface area contributed by atoms with Crippen molar-refractivity contribution in [3.63, 3.8) is 0 Å². The highest BCUT2D eigenvalue weighted by atomic mass is 19.1. The average Bonchev–Trinajstić information content (AvgIpc) is 2.80. The Kier molecular flexibility index (Phi) is 7.70. The first-order chi connectivity index (χ1) is 15.4. The van der Waals surface area contributed by atoms with Gasteiger partial charge in [0.1, 0.15) is 5.82 Å². The second kappa shape index (κ2) is 10.7. The normalized spacial score (nSPS) is 11.8. The molecule has 1 aromatic heterocycles. The number of carbonyl (C=O) groups is 2. The lowest BCUT2D eigenvalue weighted by Crippen LogP contribution is -2.36. The van der Waals surface area contributed by atoms with Crippen molar-refractivity contribution in [2.45, 2.75) is 52.3 Å². The van der Waals surface area contributed by atoms with Crippen LogP contribution in [-0.4, -0.2) is 27.8 Å². The van der Waals surface area contributed by atoms with Gasteiger partial charge in [-0.05, 0) is 37.1 Å². The Labute approximate surface area is 185 Å². The van der Waals surface area contributed by atoms with E-state index in [9.17, 15) is 18.8 Å². The van der Waals surface area contributed by atoms with Gasteiger partial charge in [-0.2, -0.15) is 5.10 Å². The van der Waals surface area contributed by atoms with Gasteiger partial charge in [0, 0.05) is 18.5 Å². The molecule has 0 bridgehead atoms. The number of halogens is 1. The number of hydrogen-bond acceptors (Lipinski definition) is 5. The van der Waals surface area contributed by atoms with Gasteiger partial charge in [0.2, 0.25) is 0 Å². The third kappa shape index (κ3) is 5.57. The van der Waals surface area contributed by atoms with Crippen LogP contribution >= 0.6 is 0 Å². The van der Waals surface area contributed by atoms with E-state index in [4.69, 9.17) is 4.74 Å². The number of fused-ring (bicyclic) bond motifs is 1. The number of unbranched alkanes of at least 4 members (excludes halogenated alkanes) is 2. The van der Waals surface area contributed by atoms with Crippen molar-refractivity contribution < 1.29 is 18.7 Å². The van der Waals surface area contributed by atoms with Gasteiger partial charge in [-0.15, -0.1) is 0 Å². The molecule has 2 aromatic carbocycles. The first kappa shape index (κ1) is 23.1. The van der Waals surface area contributed by atoms with Crippen LogP contribution in [0, 0.1) is 5.82 Å². The molecule has 0 saturated carbocycles. The molecule has 1 heterocycles.